The fourth-order valence-electron chi connectivity index (χ4n) is 3.00. The van der Waals surface area contributed by atoms with Gasteiger partial charge in [-0.05, 0) is 25.0 Å². The third-order valence-corrected chi connectivity index (χ3v) is 4.30. The molecule has 1 aliphatic heterocycles. The number of hydrogen-bond donors (Lipinski definition) is 3. The van der Waals surface area contributed by atoms with Gasteiger partial charge in [-0.25, -0.2) is 4.79 Å². The number of likely N-dealkylation sites (tertiary alicyclic amines) is 1. The number of carbonyl (C=O) groups excluding carboxylic acids is 2. The molecular weight excluding hydrogens is 336 g/mol. The minimum atomic E-state index is -0.767. The van der Waals surface area contributed by atoms with Crippen LogP contribution >= 0.6 is 0 Å². The second-order valence-electron chi connectivity index (χ2n) is 6.21. The van der Waals surface area contributed by atoms with Gasteiger partial charge in [0.05, 0.1) is 11.3 Å². The number of rotatable bonds is 3. The van der Waals surface area contributed by atoms with Crippen LogP contribution in [0, 0.1) is 0 Å². The first-order valence-electron chi connectivity index (χ1n) is 8.58. The van der Waals surface area contributed by atoms with Crippen LogP contribution in [0.15, 0.2) is 39.9 Å². The van der Waals surface area contributed by atoms with Crippen LogP contribution in [0.2, 0.25) is 0 Å². The fourth-order valence-corrected chi connectivity index (χ4v) is 3.00. The molecule has 136 valence electrons. The Kier molecular flexibility index (Phi) is 5.31. The molecule has 0 atom stereocenters. The summed E-state index contributed by atoms with van der Waals surface area (Å²) in [6.45, 7) is 1.39. The highest BCUT2D eigenvalue weighted by atomic mass is 16.2. The van der Waals surface area contributed by atoms with Crippen molar-refractivity contribution in [3.8, 4) is 0 Å². The fraction of sp³-hybridized carbons (Fsp3) is 0.333. The van der Waals surface area contributed by atoms with E-state index in [1.54, 1.807) is 29.2 Å². The van der Waals surface area contributed by atoms with E-state index in [1.807, 2.05) is 4.98 Å². The molecule has 0 unspecified atom stereocenters. The SMILES string of the molecule is O=C(Nc1ccccc1C(=O)N1CCCCCC1)c1cc(=O)[nH]c(=O)[nH]1. The Hall–Kier alpha value is -3.16. The predicted molar refractivity (Wildman–Crippen MR) is 96.5 cm³/mol. The van der Waals surface area contributed by atoms with Gasteiger partial charge in [-0.1, -0.05) is 25.0 Å². The van der Waals surface area contributed by atoms with Crippen molar-refractivity contribution in [2.24, 2.45) is 0 Å². The molecule has 0 spiro atoms. The second-order valence-corrected chi connectivity index (χ2v) is 6.21. The number of hydrogen-bond acceptors (Lipinski definition) is 4. The number of nitrogens with one attached hydrogen (secondary N) is 3. The number of benzene rings is 1. The van der Waals surface area contributed by atoms with Crippen molar-refractivity contribution < 1.29 is 9.59 Å². The van der Waals surface area contributed by atoms with Crippen molar-refractivity contribution in [2.75, 3.05) is 18.4 Å². The number of nitrogens with zero attached hydrogens (tertiary/aromatic N) is 1. The van der Waals surface area contributed by atoms with E-state index in [0.717, 1.165) is 31.7 Å². The summed E-state index contributed by atoms with van der Waals surface area (Å²) in [4.78, 5) is 54.0. The Balaban J connectivity index is 1.84. The van der Waals surface area contributed by atoms with Gasteiger partial charge < -0.3 is 15.2 Å². The van der Waals surface area contributed by atoms with Crippen molar-refractivity contribution in [1.82, 2.24) is 14.9 Å². The molecule has 2 heterocycles. The third kappa shape index (κ3) is 4.08. The van der Waals surface area contributed by atoms with Crippen molar-refractivity contribution in [2.45, 2.75) is 25.7 Å². The molecule has 1 fully saturated rings. The average Bonchev–Trinajstić information content (AvgIpc) is 2.90. The molecule has 1 saturated heterocycles. The lowest BCUT2D eigenvalue weighted by molar-refractivity contribution is 0.0762. The number of aromatic nitrogens is 2. The maximum absolute atomic E-state index is 12.9. The number of amides is 2. The third-order valence-electron chi connectivity index (χ3n) is 4.30. The first-order valence-corrected chi connectivity index (χ1v) is 8.58. The Morgan fingerprint density at radius 2 is 1.65 bits per heavy atom. The van der Waals surface area contributed by atoms with Crippen molar-refractivity contribution in [3.05, 3.63) is 62.4 Å². The van der Waals surface area contributed by atoms with E-state index in [2.05, 4.69) is 10.3 Å². The van der Waals surface area contributed by atoms with E-state index >= 15 is 0 Å². The van der Waals surface area contributed by atoms with Gasteiger partial charge in [-0.2, -0.15) is 0 Å². The Bertz CT molecular complexity index is 895. The van der Waals surface area contributed by atoms with E-state index in [4.69, 9.17) is 0 Å². The van der Waals surface area contributed by atoms with Gasteiger partial charge in [0.25, 0.3) is 17.4 Å². The summed E-state index contributed by atoms with van der Waals surface area (Å²) in [6.07, 6.45) is 4.15. The normalized spacial score (nSPS) is 14.5. The first kappa shape index (κ1) is 17.7. The molecule has 1 aromatic carbocycles. The Morgan fingerprint density at radius 3 is 2.35 bits per heavy atom. The molecule has 26 heavy (non-hydrogen) atoms. The molecular formula is C18H20N4O4. The quantitative estimate of drug-likeness (QED) is 0.769. The molecule has 2 aromatic rings. The van der Waals surface area contributed by atoms with Crippen molar-refractivity contribution >= 4 is 17.5 Å². The maximum atomic E-state index is 12.9. The highest BCUT2D eigenvalue weighted by Gasteiger charge is 2.21. The summed E-state index contributed by atoms with van der Waals surface area (Å²) in [5.74, 6) is -0.800. The van der Waals surface area contributed by atoms with E-state index < -0.39 is 17.2 Å². The predicted octanol–water partition coefficient (Wildman–Crippen LogP) is 1.33. The number of para-hydroxylation sites is 1. The first-order chi connectivity index (χ1) is 12.5. The standard InChI is InChI=1S/C18H20N4O4/c23-15-11-14(20-18(26)21-15)16(24)19-13-8-4-3-7-12(13)17(25)22-9-5-1-2-6-10-22/h3-4,7-8,11H,1-2,5-6,9-10H2,(H,19,24)(H2,20,21,23,26). The van der Waals surface area contributed by atoms with Crippen LogP contribution in [0.25, 0.3) is 0 Å². The lowest BCUT2D eigenvalue weighted by Gasteiger charge is -2.22. The molecule has 1 aliphatic rings. The second kappa shape index (κ2) is 7.81. The van der Waals surface area contributed by atoms with E-state index in [9.17, 15) is 19.2 Å². The van der Waals surface area contributed by atoms with Crippen LogP contribution in [0.1, 0.15) is 46.5 Å². The Labute approximate surface area is 149 Å². The monoisotopic (exact) mass is 356 g/mol. The lowest BCUT2D eigenvalue weighted by Crippen LogP contribution is -2.33. The minimum absolute atomic E-state index is 0.137. The van der Waals surface area contributed by atoms with Crippen LogP contribution in [-0.2, 0) is 0 Å². The zero-order chi connectivity index (χ0) is 18.5. The smallest absolute Gasteiger partial charge is 0.326 e. The van der Waals surface area contributed by atoms with Gasteiger partial charge in [0.2, 0.25) is 0 Å². The number of aromatic amines is 2. The highest BCUT2D eigenvalue weighted by molar-refractivity contribution is 6.08. The zero-order valence-electron chi connectivity index (χ0n) is 14.2. The Morgan fingerprint density at radius 1 is 0.962 bits per heavy atom. The average molecular weight is 356 g/mol. The topological polar surface area (TPSA) is 115 Å². The van der Waals surface area contributed by atoms with Gasteiger partial charge in [0, 0.05) is 19.2 Å². The van der Waals surface area contributed by atoms with E-state index in [0.29, 0.717) is 24.3 Å². The van der Waals surface area contributed by atoms with Gasteiger partial charge >= 0.3 is 5.69 Å². The molecule has 0 aliphatic carbocycles. The largest absolute Gasteiger partial charge is 0.339 e. The number of H-pyrrole nitrogens is 2. The van der Waals surface area contributed by atoms with Crippen LogP contribution < -0.4 is 16.6 Å². The molecule has 2 amide bonds. The van der Waals surface area contributed by atoms with Gasteiger partial charge in [-0.15, -0.1) is 0 Å². The lowest BCUT2D eigenvalue weighted by atomic mass is 10.1. The van der Waals surface area contributed by atoms with Gasteiger partial charge in [-0.3, -0.25) is 19.4 Å². The number of anilines is 1. The number of carbonyl (C=O) groups is 2. The summed E-state index contributed by atoms with van der Waals surface area (Å²) in [5.41, 5.74) is -0.886. The van der Waals surface area contributed by atoms with Crippen LogP contribution in [0.5, 0.6) is 0 Å². The highest BCUT2D eigenvalue weighted by Crippen LogP contribution is 2.20. The summed E-state index contributed by atoms with van der Waals surface area (Å²) < 4.78 is 0. The van der Waals surface area contributed by atoms with Gasteiger partial charge in [0.1, 0.15) is 5.69 Å². The zero-order valence-corrected chi connectivity index (χ0v) is 14.2. The molecule has 8 heteroatoms. The minimum Gasteiger partial charge on any atom is -0.339 e. The van der Waals surface area contributed by atoms with Crippen LogP contribution in [0.3, 0.4) is 0 Å². The van der Waals surface area contributed by atoms with E-state index in [-0.39, 0.29) is 11.6 Å². The molecule has 8 nitrogen and oxygen atoms in total. The molecule has 0 saturated carbocycles. The van der Waals surface area contributed by atoms with Crippen LogP contribution in [-0.4, -0.2) is 39.8 Å². The molecule has 0 bridgehead atoms. The molecule has 0 radical (unpaired) electrons. The van der Waals surface area contributed by atoms with E-state index in [1.165, 1.54) is 0 Å². The summed E-state index contributed by atoms with van der Waals surface area (Å²) in [5, 5.41) is 2.61. The van der Waals surface area contributed by atoms with Crippen molar-refractivity contribution in [1.29, 1.82) is 0 Å². The van der Waals surface area contributed by atoms with Crippen LogP contribution in [0.4, 0.5) is 5.69 Å². The summed E-state index contributed by atoms with van der Waals surface area (Å²) >= 11 is 0. The maximum Gasteiger partial charge on any atom is 0.326 e. The van der Waals surface area contributed by atoms with Gasteiger partial charge in [0.15, 0.2) is 0 Å². The molecule has 1 aromatic heterocycles. The molecule has 3 rings (SSSR count). The van der Waals surface area contributed by atoms with Crippen molar-refractivity contribution in [3.63, 3.8) is 0 Å². The summed E-state index contributed by atoms with van der Waals surface area (Å²) in [7, 11) is 0. The summed E-state index contributed by atoms with van der Waals surface area (Å²) in [6, 6.07) is 7.71. The molecule has 3 N–H and O–H groups in total.